The number of hydrogen-bond acceptors (Lipinski definition) is 0. The molecule has 31 heavy (non-hydrogen) atoms. The summed E-state index contributed by atoms with van der Waals surface area (Å²) in [6.45, 7) is 4.46. The standard InChI is InChI=1S/C11H9.C9H7.C6H14.CH3.2ClH.H3Si.Zr/c1-2-6-10(7-3-1)11-8-4-5-9-11;1-2-5-9-7-3-6-8(9)4-1;1-3-5-6-4-2;;;;;/h1-3,6-9H,4H2;1-7H;3-6H2,1-2H3;1H3;2*1H;1H3;. The molecule has 0 fully saturated rings. The number of benzene rings is 2. The first-order valence-electron chi connectivity index (χ1n) is 11.3. The van der Waals surface area contributed by atoms with Crippen LogP contribution in [0.3, 0.4) is 0 Å². The first-order chi connectivity index (χ1) is 14.1. The SMILES string of the molecule is CCCCCC.Cl.Cl.[CH3][Zr]([SiH3])([C]1=CC(c2ccccc2)=CC1)[CH]1C=Cc2ccccc21. The molecule has 0 saturated heterocycles. The molecule has 0 bridgehead atoms. The van der Waals surface area contributed by atoms with E-state index in [4.69, 9.17) is 0 Å². The monoisotopic (exact) mass is 550 g/mol. The number of fused-ring (bicyclic) bond motifs is 1. The number of rotatable bonds is 6. The van der Waals surface area contributed by atoms with Gasteiger partial charge in [-0.15, -0.1) is 24.8 Å². The molecule has 0 aliphatic heterocycles. The summed E-state index contributed by atoms with van der Waals surface area (Å²) < 4.78 is 5.20. The first kappa shape index (κ1) is 28.4. The molecule has 0 aromatic heterocycles. The zero-order chi connectivity index (χ0) is 20.7. The van der Waals surface area contributed by atoms with Crippen LogP contribution in [0.15, 0.2) is 76.1 Å². The third-order valence-electron chi connectivity index (χ3n) is 6.34. The Morgan fingerprint density at radius 2 is 1.52 bits per heavy atom. The van der Waals surface area contributed by atoms with E-state index < -0.39 is 19.4 Å². The molecular weight excluding hydrogens is 515 g/mol. The molecule has 0 radical (unpaired) electrons. The van der Waals surface area contributed by atoms with Gasteiger partial charge in [-0.3, -0.25) is 0 Å². The van der Waals surface area contributed by atoms with Crippen molar-refractivity contribution >= 4 is 43.8 Å². The Kier molecular flexibility index (Phi) is 12.6. The average Bonchev–Trinajstić information content (AvgIpc) is 3.41. The van der Waals surface area contributed by atoms with Crippen LogP contribution in [-0.4, -0.2) is 7.37 Å². The summed E-state index contributed by atoms with van der Waals surface area (Å²) in [4.78, 5) is 0. The van der Waals surface area contributed by atoms with Crippen molar-refractivity contribution in [2.24, 2.45) is 0 Å². The van der Waals surface area contributed by atoms with E-state index in [1.165, 1.54) is 56.2 Å². The van der Waals surface area contributed by atoms with Crippen LogP contribution in [0, 0.1) is 0 Å². The maximum absolute atomic E-state index is 2.66. The summed E-state index contributed by atoms with van der Waals surface area (Å²) in [7, 11) is 1.36. The molecule has 0 saturated carbocycles. The van der Waals surface area contributed by atoms with Crippen molar-refractivity contribution < 1.29 is 19.4 Å². The summed E-state index contributed by atoms with van der Waals surface area (Å²) in [5, 5.41) is 0. The van der Waals surface area contributed by atoms with Gasteiger partial charge in [0.2, 0.25) is 0 Å². The van der Waals surface area contributed by atoms with E-state index in [1.807, 2.05) is 0 Å². The van der Waals surface area contributed by atoms with Crippen molar-refractivity contribution in [2.75, 3.05) is 0 Å². The van der Waals surface area contributed by atoms with E-state index in [0.29, 0.717) is 0 Å². The molecule has 4 heteroatoms. The van der Waals surface area contributed by atoms with Gasteiger partial charge in [-0.25, -0.2) is 0 Å². The van der Waals surface area contributed by atoms with E-state index in [0.717, 1.165) is 3.63 Å². The minimum atomic E-state index is -2.26. The van der Waals surface area contributed by atoms with E-state index in [1.54, 1.807) is 8.84 Å². The molecule has 0 amide bonds. The number of unbranched alkanes of at least 4 members (excludes halogenated alkanes) is 3. The quantitative estimate of drug-likeness (QED) is 0.251. The Balaban J connectivity index is 0.000000535. The molecule has 168 valence electrons. The van der Waals surface area contributed by atoms with Gasteiger partial charge in [-0.2, -0.15) is 0 Å². The van der Waals surface area contributed by atoms with Crippen molar-refractivity contribution in [1.82, 2.24) is 0 Å². The molecule has 0 N–H and O–H groups in total. The Labute approximate surface area is 208 Å². The fourth-order valence-electron chi connectivity index (χ4n) is 4.38. The summed E-state index contributed by atoms with van der Waals surface area (Å²) in [5.74, 6) is 0. The molecule has 2 unspecified atom stereocenters. The van der Waals surface area contributed by atoms with Crippen LogP contribution < -0.4 is 0 Å². The van der Waals surface area contributed by atoms with Gasteiger partial charge in [0.1, 0.15) is 0 Å². The van der Waals surface area contributed by atoms with E-state index >= 15 is 0 Å². The van der Waals surface area contributed by atoms with Gasteiger partial charge >= 0.3 is 146 Å². The van der Waals surface area contributed by atoms with Crippen molar-refractivity contribution in [1.29, 1.82) is 0 Å². The van der Waals surface area contributed by atoms with Gasteiger partial charge in [0.25, 0.3) is 0 Å². The van der Waals surface area contributed by atoms with Crippen LogP contribution >= 0.6 is 24.8 Å². The van der Waals surface area contributed by atoms with Crippen LogP contribution in [-0.2, 0) is 19.4 Å². The molecule has 0 heterocycles. The van der Waals surface area contributed by atoms with E-state index in [-0.39, 0.29) is 24.8 Å². The normalized spacial score (nSPS) is 17.8. The summed E-state index contributed by atoms with van der Waals surface area (Å²) in [6.07, 6.45) is 16.6. The average molecular weight is 553 g/mol. The Hall–Kier alpha value is -0.660. The third kappa shape index (κ3) is 7.16. The molecule has 2 aliphatic carbocycles. The Morgan fingerprint density at radius 3 is 2.16 bits per heavy atom. The topological polar surface area (TPSA) is 0 Å². The Bertz CT molecular complexity index is 896. The molecule has 2 aromatic carbocycles. The third-order valence-corrected chi connectivity index (χ3v) is 23.8. The number of halogens is 2. The molecule has 2 aromatic rings. The summed E-state index contributed by atoms with van der Waals surface area (Å²) in [5.41, 5.74) is 5.85. The van der Waals surface area contributed by atoms with Gasteiger partial charge in [0.15, 0.2) is 0 Å². The second-order valence-electron chi connectivity index (χ2n) is 8.79. The van der Waals surface area contributed by atoms with Crippen molar-refractivity contribution in [3.63, 3.8) is 0 Å². The zero-order valence-corrected chi connectivity index (χ0v) is 25.5. The summed E-state index contributed by atoms with van der Waals surface area (Å²) >= 11 is -2.26. The van der Waals surface area contributed by atoms with Gasteiger partial charge in [0, 0.05) is 0 Å². The van der Waals surface area contributed by atoms with Gasteiger partial charge in [0.05, 0.1) is 0 Å². The van der Waals surface area contributed by atoms with Crippen LogP contribution in [0.2, 0.25) is 4.63 Å². The second kappa shape index (κ2) is 13.8. The van der Waals surface area contributed by atoms with Crippen LogP contribution in [0.4, 0.5) is 0 Å². The van der Waals surface area contributed by atoms with Crippen molar-refractivity contribution in [3.05, 3.63) is 92.8 Å². The van der Waals surface area contributed by atoms with Gasteiger partial charge in [-0.1, -0.05) is 39.5 Å². The molecule has 0 spiro atoms. The minimum absolute atomic E-state index is 0. The van der Waals surface area contributed by atoms with Crippen LogP contribution in [0.5, 0.6) is 0 Å². The summed E-state index contributed by atoms with van der Waals surface area (Å²) in [6, 6.07) is 19.8. The molecular formula is C27H38Cl2SiZr. The fraction of sp³-hybridized carbons (Fsp3) is 0.333. The number of hydrogen-bond donors (Lipinski definition) is 0. The van der Waals surface area contributed by atoms with Gasteiger partial charge in [-0.05, 0) is 0 Å². The van der Waals surface area contributed by atoms with E-state index in [2.05, 4.69) is 97.4 Å². The van der Waals surface area contributed by atoms with Crippen molar-refractivity contribution in [3.8, 4) is 0 Å². The predicted octanol–water partition coefficient (Wildman–Crippen LogP) is 8.04. The Morgan fingerprint density at radius 1 is 0.903 bits per heavy atom. The zero-order valence-electron chi connectivity index (χ0n) is 19.4. The van der Waals surface area contributed by atoms with Gasteiger partial charge < -0.3 is 0 Å². The van der Waals surface area contributed by atoms with Crippen LogP contribution in [0.1, 0.15) is 66.3 Å². The predicted molar refractivity (Wildman–Crippen MR) is 145 cm³/mol. The molecule has 4 rings (SSSR count). The molecule has 2 aliphatic rings. The fourth-order valence-corrected chi connectivity index (χ4v) is 17.2. The molecule has 0 nitrogen and oxygen atoms in total. The van der Waals surface area contributed by atoms with Crippen LogP contribution in [0.25, 0.3) is 11.6 Å². The maximum atomic E-state index is 2.66. The second-order valence-corrected chi connectivity index (χ2v) is 32.7. The first-order valence-corrected chi connectivity index (χ1v) is 24.8. The van der Waals surface area contributed by atoms with Crippen molar-refractivity contribution in [2.45, 2.75) is 54.2 Å². The number of allylic oxidation sites excluding steroid dienone is 5. The van der Waals surface area contributed by atoms with E-state index in [9.17, 15) is 0 Å². The molecule has 2 atom stereocenters.